The third-order valence-corrected chi connectivity index (χ3v) is 1.92. The molecule has 0 atom stereocenters. The molecule has 0 radical (unpaired) electrons. The molecule has 2 aromatic rings. The molecule has 8 heteroatoms. The van der Waals surface area contributed by atoms with Gasteiger partial charge in [0.2, 0.25) is 0 Å². The van der Waals surface area contributed by atoms with Crippen LogP contribution in [0.1, 0.15) is 68.5 Å². The Balaban J connectivity index is -0.0000000241. The van der Waals surface area contributed by atoms with Crippen LogP contribution >= 0.6 is 23.2 Å². The first kappa shape index (κ1) is 58.1. The molecule has 0 aromatic carbocycles. The fraction of sp³-hybridized carbons (Fsp3) is 0.500. The van der Waals surface area contributed by atoms with Gasteiger partial charge in [-0.3, -0.25) is 0 Å². The number of nitrogens with zero attached hydrogens (tertiary/aromatic N) is 2. The summed E-state index contributed by atoms with van der Waals surface area (Å²) in [6, 6.07) is 11.0. The fourth-order valence-corrected chi connectivity index (χ4v) is 1.19. The van der Waals surface area contributed by atoms with Crippen LogP contribution in [0, 0.1) is 158 Å². The van der Waals surface area contributed by atoms with Gasteiger partial charge in [-0.25, -0.2) is 9.97 Å². The van der Waals surface area contributed by atoms with Gasteiger partial charge in [0.05, 0.1) is 0 Å². The Morgan fingerprint density at radius 1 is 0.607 bits per heavy atom. The van der Waals surface area contributed by atoms with E-state index in [2.05, 4.69) is 9.97 Å². The minimum atomic E-state index is 0. The molecule has 2 heterocycles. The molecule has 174 valence electrons. The molecule has 0 amide bonds. The summed E-state index contributed by atoms with van der Waals surface area (Å²) in [5, 5.41) is 1.10. The maximum atomic E-state index is 5.53. The summed E-state index contributed by atoms with van der Waals surface area (Å²) in [6.45, 7) is 17.9. The Morgan fingerprint density at radius 3 is 1.18 bits per heavy atom. The normalized spacial score (nSPS) is 5.68. The van der Waals surface area contributed by atoms with Crippen LogP contribution in [0.15, 0.2) is 42.6 Å². The van der Waals surface area contributed by atoms with E-state index < -0.39 is 0 Å². The molecule has 0 unspecified atom stereocenters. The van der Waals surface area contributed by atoms with Crippen molar-refractivity contribution in [3.8, 4) is 0 Å². The number of aryl methyl sites for hydroxylation is 1. The summed E-state index contributed by atoms with van der Waals surface area (Å²) in [5.74, 6) is 0. The molecule has 0 spiro atoms. The molecule has 0 fully saturated rings. The predicted octanol–water partition coefficient (Wildman–Crippen LogP) is 8.52. The van der Waals surface area contributed by atoms with Gasteiger partial charge in [0.1, 0.15) is 10.3 Å². The van der Waals surface area contributed by atoms with Crippen LogP contribution in [0.25, 0.3) is 0 Å². The zero-order valence-electron chi connectivity index (χ0n) is 17.6. The molecule has 2 rings (SSSR count). The van der Waals surface area contributed by atoms with E-state index in [0.717, 1.165) is 5.69 Å². The largest absolute Gasteiger partial charge is 0.245 e. The van der Waals surface area contributed by atoms with E-state index in [0.29, 0.717) is 10.3 Å². The number of aromatic nitrogens is 2. The average molecular weight is 537 g/mol. The van der Waals surface area contributed by atoms with Crippen molar-refractivity contribution in [3.05, 3.63) is 58.6 Å². The van der Waals surface area contributed by atoms with Crippen LogP contribution in [0.3, 0.4) is 0 Å². The first-order valence-corrected chi connectivity index (χ1v) is 9.10. The fourth-order valence-electron chi connectivity index (χ4n) is 0.852. The molecular formula is C20H38Ar4Cl2N2. The number of rotatable bonds is 0. The molecular weight excluding hydrogens is 499 g/mol. The zero-order chi connectivity index (χ0) is 19.1. The predicted molar refractivity (Wildman–Crippen MR) is 115 cm³/mol. The minimum absolute atomic E-state index is 0. The zero-order valence-corrected chi connectivity index (χ0v) is 21.9. The Morgan fingerprint density at radius 2 is 1.00 bits per heavy atom. The van der Waals surface area contributed by atoms with Gasteiger partial charge in [-0.1, -0.05) is 98.2 Å². The van der Waals surface area contributed by atoms with Crippen molar-refractivity contribution < 1.29 is 151 Å². The van der Waals surface area contributed by atoms with Crippen molar-refractivity contribution in [1.82, 2.24) is 9.97 Å². The molecule has 28 heavy (non-hydrogen) atoms. The molecule has 0 bridgehead atoms. The van der Waals surface area contributed by atoms with Crippen LogP contribution in [-0.4, -0.2) is 9.97 Å². The van der Waals surface area contributed by atoms with Crippen molar-refractivity contribution in [2.24, 2.45) is 0 Å². The summed E-state index contributed by atoms with van der Waals surface area (Å²) in [7, 11) is 0. The van der Waals surface area contributed by atoms with Gasteiger partial charge < -0.3 is 0 Å². The molecule has 0 N–H and O–H groups in total. The second kappa shape index (κ2) is 57.6. The van der Waals surface area contributed by atoms with Crippen LogP contribution in [0.2, 0.25) is 10.3 Å². The standard InChI is InChI=1S/C6H6ClN.C5H4ClN.4C2H6.CH4.4Ar/c1-5-3-2-4-6(7)8-5;6-5-3-1-2-4-7-5;4*1-2;;;;;/h2-4H,1H3;1-4H;4*1-2H3;1H4;;;;. The van der Waals surface area contributed by atoms with Gasteiger partial charge in [-0.05, 0) is 31.2 Å². The van der Waals surface area contributed by atoms with E-state index in [1.165, 1.54) is 0 Å². The van der Waals surface area contributed by atoms with E-state index in [-0.39, 0.29) is 158 Å². The van der Waals surface area contributed by atoms with E-state index in [1.807, 2.05) is 86.6 Å². The van der Waals surface area contributed by atoms with Gasteiger partial charge >= 0.3 is 0 Å². The van der Waals surface area contributed by atoms with Gasteiger partial charge in [0.15, 0.2) is 0 Å². The summed E-state index contributed by atoms with van der Waals surface area (Å²) < 4.78 is 0. The first-order valence-electron chi connectivity index (χ1n) is 8.34. The third-order valence-electron chi connectivity index (χ3n) is 1.48. The molecule has 2 nitrogen and oxygen atoms in total. The maximum Gasteiger partial charge on any atom is 0.129 e. The second-order valence-electron chi connectivity index (χ2n) is 2.75. The second-order valence-corrected chi connectivity index (χ2v) is 3.53. The summed E-state index contributed by atoms with van der Waals surface area (Å²) >= 11 is 11.0. The van der Waals surface area contributed by atoms with E-state index in [9.17, 15) is 0 Å². The Kier molecular flexibility index (Phi) is 120. The van der Waals surface area contributed by atoms with Crippen molar-refractivity contribution in [2.75, 3.05) is 0 Å². The average Bonchev–Trinajstić information content (AvgIpc) is 2.63. The Labute approximate surface area is 306 Å². The van der Waals surface area contributed by atoms with Gasteiger partial charge in [0, 0.05) is 163 Å². The van der Waals surface area contributed by atoms with Crippen LogP contribution in [0.4, 0.5) is 0 Å². The third kappa shape index (κ3) is 52.1. The van der Waals surface area contributed by atoms with E-state index in [1.54, 1.807) is 18.3 Å². The Hall–Kier alpha value is 3.92. The summed E-state index contributed by atoms with van der Waals surface area (Å²) in [5.41, 5.74) is 0.956. The molecule has 0 aliphatic rings. The van der Waals surface area contributed by atoms with Gasteiger partial charge in [0.25, 0.3) is 0 Å². The van der Waals surface area contributed by atoms with Gasteiger partial charge in [-0.2, -0.15) is 0 Å². The topological polar surface area (TPSA) is 25.8 Å². The molecule has 0 aliphatic carbocycles. The summed E-state index contributed by atoms with van der Waals surface area (Å²) in [6.07, 6.45) is 1.66. The monoisotopic (exact) mass is 536 g/mol. The quantitative estimate of drug-likeness (QED) is 0.315. The first-order chi connectivity index (χ1) is 11.2. The Bertz CT molecular complexity index is 407. The van der Waals surface area contributed by atoms with Crippen LogP contribution in [-0.2, 0) is 0 Å². The molecule has 0 saturated heterocycles. The molecule has 2 aromatic heterocycles. The number of hydrogen-bond acceptors (Lipinski definition) is 2. The smallest absolute Gasteiger partial charge is 0.129 e. The van der Waals surface area contributed by atoms with E-state index in [4.69, 9.17) is 23.2 Å². The maximum absolute atomic E-state index is 5.53. The van der Waals surface area contributed by atoms with E-state index >= 15 is 0 Å². The SMILES string of the molecule is C.CC.CC.CC.CC.Cc1cccc(Cl)n1.Clc1ccccn1.[Ar].[Ar].[Ar].[Ar]. The minimum Gasteiger partial charge on any atom is -0.245 e. The summed E-state index contributed by atoms with van der Waals surface area (Å²) in [4.78, 5) is 7.68. The number of pyridine rings is 2. The molecule has 0 aliphatic heterocycles. The van der Waals surface area contributed by atoms with Crippen LogP contribution in [0.5, 0.6) is 0 Å². The number of hydrogen-bond donors (Lipinski definition) is 0. The van der Waals surface area contributed by atoms with Gasteiger partial charge in [-0.15, -0.1) is 0 Å². The van der Waals surface area contributed by atoms with Crippen molar-refractivity contribution in [1.29, 1.82) is 0 Å². The molecule has 0 saturated carbocycles. The van der Waals surface area contributed by atoms with Crippen LogP contribution < -0.4 is 0 Å². The van der Waals surface area contributed by atoms with Crippen molar-refractivity contribution in [2.45, 2.75) is 69.7 Å². The van der Waals surface area contributed by atoms with Crippen molar-refractivity contribution >= 4 is 23.2 Å². The number of halogens is 2. The van der Waals surface area contributed by atoms with Crippen molar-refractivity contribution in [3.63, 3.8) is 0 Å².